The molecule has 8 heteroatoms. The molecule has 2 amide bonds. The van der Waals surface area contributed by atoms with Crippen LogP contribution in [0, 0.1) is 12.8 Å². The van der Waals surface area contributed by atoms with Gasteiger partial charge in [0, 0.05) is 30.3 Å². The van der Waals surface area contributed by atoms with Crippen molar-refractivity contribution in [1.82, 2.24) is 10.6 Å². The van der Waals surface area contributed by atoms with Gasteiger partial charge in [-0.3, -0.25) is 14.3 Å². The minimum Gasteiger partial charge on any atom is -0.354 e. The van der Waals surface area contributed by atoms with Crippen molar-refractivity contribution in [1.29, 1.82) is 0 Å². The minimum atomic E-state index is -3.74. The number of hydrogen-bond donors (Lipinski definition) is 3. The average Bonchev–Trinajstić information content (AvgIpc) is 3.27. The van der Waals surface area contributed by atoms with E-state index >= 15 is 0 Å². The van der Waals surface area contributed by atoms with Gasteiger partial charge in [0.25, 0.3) is 15.9 Å². The first-order valence-corrected chi connectivity index (χ1v) is 11.6. The molecule has 1 fully saturated rings. The van der Waals surface area contributed by atoms with Gasteiger partial charge >= 0.3 is 0 Å². The summed E-state index contributed by atoms with van der Waals surface area (Å²) in [6.45, 7) is 2.60. The number of carbonyl (C=O) groups is 2. The van der Waals surface area contributed by atoms with E-state index in [9.17, 15) is 18.0 Å². The Bertz CT molecular complexity index is 980. The molecule has 160 valence electrons. The zero-order valence-electron chi connectivity index (χ0n) is 17.0. The van der Waals surface area contributed by atoms with Crippen LogP contribution in [0.1, 0.15) is 41.6 Å². The van der Waals surface area contributed by atoms with Gasteiger partial charge in [-0.1, -0.05) is 30.5 Å². The zero-order valence-corrected chi connectivity index (χ0v) is 17.8. The van der Waals surface area contributed by atoms with Crippen molar-refractivity contribution in [3.05, 3.63) is 59.7 Å². The molecule has 0 bridgehead atoms. The monoisotopic (exact) mass is 429 g/mol. The van der Waals surface area contributed by atoms with Crippen molar-refractivity contribution < 1.29 is 18.0 Å². The predicted molar refractivity (Wildman–Crippen MR) is 116 cm³/mol. The summed E-state index contributed by atoms with van der Waals surface area (Å²) >= 11 is 0. The summed E-state index contributed by atoms with van der Waals surface area (Å²) in [5, 5.41) is 5.58. The van der Waals surface area contributed by atoms with Crippen molar-refractivity contribution in [2.75, 3.05) is 17.8 Å². The molecular formula is C22H27N3O4S. The van der Waals surface area contributed by atoms with Crippen LogP contribution in [0.4, 0.5) is 5.69 Å². The molecule has 0 unspecified atom stereocenters. The van der Waals surface area contributed by atoms with E-state index in [0.717, 1.165) is 31.2 Å². The Labute approximate surface area is 177 Å². The summed E-state index contributed by atoms with van der Waals surface area (Å²) in [4.78, 5) is 24.3. The Balaban J connectivity index is 1.49. The highest BCUT2D eigenvalue weighted by Gasteiger charge is 2.22. The number of nitrogens with one attached hydrogen (secondary N) is 3. The number of amides is 2. The highest BCUT2D eigenvalue weighted by atomic mass is 32.2. The Morgan fingerprint density at radius 1 is 0.900 bits per heavy atom. The molecule has 0 aromatic heterocycles. The molecule has 1 aliphatic rings. The van der Waals surface area contributed by atoms with E-state index in [1.54, 1.807) is 12.1 Å². The number of rotatable bonds is 8. The lowest BCUT2D eigenvalue weighted by molar-refractivity contribution is -0.124. The summed E-state index contributed by atoms with van der Waals surface area (Å²) in [5.41, 5.74) is 1.86. The normalized spacial score (nSPS) is 14.3. The van der Waals surface area contributed by atoms with Crippen LogP contribution in [0.25, 0.3) is 0 Å². The summed E-state index contributed by atoms with van der Waals surface area (Å²) in [7, 11) is -3.74. The lowest BCUT2D eigenvalue weighted by Crippen LogP contribution is -2.37. The van der Waals surface area contributed by atoms with Gasteiger partial charge < -0.3 is 10.6 Å². The lowest BCUT2D eigenvalue weighted by Gasteiger charge is -2.11. The molecule has 0 spiro atoms. The lowest BCUT2D eigenvalue weighted by atomic mass is 10.1. The van der Waals surface area contributed by atoms with Gasteiger partial charge in [0.1, 0.15) is 0 Å². The number of hydrogen-bond acceptors (Lipinski definition) is 4. The van der Waals surface area contributed by atoms with Gasteiger partial charge in [-0.15, -0.1) is 0 Å². The van der Waals surface area contributed by atoms with Gasteiger partial charge in [-0.25, -0.2) is 8.42 Å². The van der Waals surface area contributed by atoms with E-state index in [2.05, 4.69) is 15.4 Å². The second-order valence-corrected chi connectivity index (χ2v) is 9.21. The number of anilines is 1. The Kier molecular flexibility index (Phi) is 7.10. The summed E-state index contributed by atoms with van der Waals surface area (Å²) < 4.78 is 27.5. The number of carbonyl (C=O) groups excluding carboxylic acids is 2. The van der Waals surface area contributed by atoms with Crippen molar-refractivity contribution in [3.8, 4) is 0 Å². The van der Waals surface area contributed by atoms with Gasteiger partial charge in [0.2, 0.25) is 5.91 Å². The van der Waals surface area contributed by atoms with E-state index in [1.807, 2.05) is 19.1 Å². The highest BCUT2D eigenvalue weighted by molar-refractivity contribution is 7.92. The Morgan fingerprint density at radius 2 is 1.50 bits per heavy atom. The van der Waals surface area contributed by atoms with Crippen LogP contribution >= 0.6 is 0 Å². The molecule has 1 aliphatic carbocycles. The molecule has 3 rings (SSSR count). The maximum atomic E-state index is 12.5. The SMILES string of the molecule is Cc1ccc(NS(=O)(=O)c2ccc(C(=O)NCCNC(=O)C3CCCC3)cc2)cc1. The average molecular weight is 430 g/mol. The Hall–Kier alpha value is -2.87. The molecule has 2 aromatic carbocycles. The quantitative estimate of drug-likeness (QED) is 0.561. The van der Waals surface area contributed by atoms with E-state index in [0.29, 0.717) is 24.3 Å². The molecule has 0 heterocycles. The second-order valence-electron chi connectivity index (χ2n) is 7.52. The molecule has 0 saturated heterocycles. The molecule has 2 aromatic rings. The second kappa shape index (κ2) is 9.75. The first-order valence-electron chi connectivity index (χ1n) is 10.1. The third kappa shape index (κ3) is 5.82. The summed E-state index contributed by atoms with van der Waals surface area (Å²) in [6, 6.07) is 12.8. The highest BCUT2D eigenvalue weighted by Crippen LogP contribution is 2.24. The smallest absolute Gasteiger partial charge is 0.261 e. The standard InChI is InChI=1S/C22H27N3O4S/c1-16-6-10-19(11-7-16)25-30(28,29)20-12-8-18(9-13-20)22(27)24-15-14-23-21(26)17-4-2-3-5-17/h6-13,17,25H,2-5,14-15H2,1H3,(H,23,26)(H,24,27). The fourth-order valence-corrected chi connectivity index (χ4v) is 4.48. The van der Waals surface area contributed by atoms with Gasteiger partial charge in [0.05, 0.1) is 4.90 Å². The van der Waals surface area contributed by atoms with Gasteiger partial charge in [0.15, 0.2) is 0 Å². The van der Waals surface area contributed by atoms with Gasteiger partial charge in [-0.05, 0) is 56.2 Å². The van der Waals surface area contributed by atoms with E-state index in [4.69, 9.17) is 0 Å². The van der Waals surface area contributed by atoms with Crippen molar-refractivity contribution in [2.45, 2.75) is 37.5 Å². The fraction of sp³-hybridized carbons (Fsp3) is 0.364. The summed E-state index contributed by atoms with van der Waals surface area (Å²) in [5.74, 6) is -0.165. The third-order valence-corrected chi connectivity index (χ3v) is 6.56. The van der Waals surface area contributed by atoms with Crippen molar-refractivity contribution in [3.63, 3.8) is 0 Å². The minimum absolute atomic E-state index is 0.0531. The fourth-order valence-electron chi connectivity index (χ4n) is 3.42. The molecule has 0 radical (unpaired) electrons. The molecule has 7 nitrogen and oxygen atoms in total. The summed E-state index contributed by atoms with van der Waals surface area (Å²) in [6.07, 6.45) is 4.07. The van der Waals surface area contributed by atoms with Crippen LogP contribution < -0.4 is 15.4 Å². The van der Waals surface area contributed by atoms with E-state index < -0.39 is 10.0 Å². The Morgan fingerprint density at radius 3 is 2.13 bits per heavy atom. The molecule has 0 aliphatic heterocycles. The molecule has 3 N–H and O–H groups in total. The first-order chi connectivity index (χ1) is 14.3. The van der Waals surface area contributed by atoms with Crippen LogP contribution in [0.2, 0.25) is 0 Å². The van der Waals surface area contributed by atoms with Crippen LogP contribution in [0.15, 0.2) is 53.4 Å². The van der Waals surface area contributed by atoms with Crippen molar-refractivity contribution >= 4 is 27.5 Å². The van der Waals surface area contributed by atoms with Crippen LogP contribution in [0.3, 0.4) is 0 Å². The van der Waals surface area contributed by atoms with Crippen LogP contribution in [-0.2, 0) is 14.8 Å². The van der Waals surface area contributed by atoms with Crippen molar-refractivity contribution in [2.24, 2.45) is 5.92 Å². The number of sulfonamides is 1. The number of benzene rings is 2. The largest absolute Gasteiger partial charge is 0.354 e. The molecule has 30 heavy (non-hydrogen) atoms. The zero-order chi connectivity index (χ0) is 21.6. The molecule has 1 saturated carbocycles. The van der Waals surface area contributed by atoms with E-state index in [-0.39, 0.29) is 22.6 Å². The van der Waals surface area contributed by atoms with Crippen LogP contribution in [0.5, 0.6) is 0 Å². The predicted octanol–water partition coefficient (Wildman–Crippen LogP) is 2.83. The van der Waals surface area contributed by atoms with E-state index in [1.165, 1.54) is 24.3 Å². The topological polar surface area (TPSA) is 104 Å². The maximum absolute atomic E-state index is 12.5. The van der Waals surface area contributed by atoms with Gasteiger partial charge in [-0.2, -0.15) is 0 Å². The maximum Gasteiger partial charge on any atom is 0.261 e. The molecule has 0 atom stereocenters. The first kappa shape index (κ1) is 21.8. The third-order valence-electron chi connectivity index (χ3n) is 5.17. The molecular weight excluding hydrogens is 402 g/mol. The number of aryl methyl sites for hydroxylation is 1. The van der Waals surface area contributed by atoms with Crippen LogP contribution in [-0.4, -0.2) is 33.3 Å².